The molecule has 0 aliphatic heterocycles. The smallest absolute Gasteiger partial charge is 0.172 e. The summed E-state index contributed by atoms with van der Waals surface area (Å²) in [6.07, 6.45) is 5.44. The molecule has 0 saturated carbocycles. The largest absolute Gasteiger partial charge is 0.384 e. The summed E-state index contributed by atoms with van der Waals surface area (Å²) >= 11 is 7.79. The Morgan fingerprint density at radius 1 is 1.03 bits per heavy atom. The molecule has 0 aliphatic carbocycles. The van der Waals surface area contributed by atoms with Crippen molar-refractivity contribution < 1.29 is 4.39 Å². The zero-order valence-corrected chi connectivity index (χ0v) is 19.2. The van der Waals surface area contributed by atoms with E-state index in [1.807, 2.05) is 49.6 Å². The molecule has 4 rings (SSSR count). The second kappa shape index (κ2) is 10.5. The molecule has 4 aromatic rings. The van der Waals surface area contributed by atoms with Crippen LogP contribution in [0.4, 0.5) is 15.8 Å². The van der Waals surface area contributed by atoms with Crippen LogP contribution in [-0.2, 0) is 6.54 Å². The van der Waals surface area contributed by atoms with Gasteiger partial charge in [-0.15, -0.1) is 0 Å². The van der Waals surface area contributed by atoms with Gasteiger partial charge in [0.15, 0.2) is 5.16 Å². The lowest BCUT2D eigenvalue weighted by molar-refractivity contribution is 0.627. The number of pyridine rings is 1. The number of nitrogens with zero attached hydrogens (tertiary/aromatic N) is 4. The molecule has 0 unspecified atom stereocenters. The first-order valence-corrected chi connectivity index (χ1v) is 11.5. The summed E-state index contributed by atoms with van der Waals surface area (Å²) in [4.78, 5) is 10.8. The van der Waals surface area contributed by atoms with E-state index >= 15 is 0 Å². The van der Waals surface area contributed by atoms with Gasteiger partial charge >= 0.3 is 0 Å². The number of imidazole rings is 1. The van der Waals surface area contributed by atoms with Crippen LogP contribution in [0.15, 0.2) is 84.4 Å². The first-order chi connectivity index (χ1) is 15.6. The van der Waals surface area contributed by atoms with E-state index in [2.05, 4.69) is 24.8 Å². The fourth-order valence-corrected chi connectivity index (χ4v) is 4.28. The van der Waals surface area contributed by atoms with Crippen LogP contribution in [0.1, 0.15) is 5.69 Å². The summed E-state index contributed by atoms with van der Waals surface area (Å²) in [7, 11) is 1.98. The van der Waals surface area contributed by atoms with Gasteiger partial charge in [0.05, 0.1) is 18.4 Å². The molecule has 32 heavy (non-hydrogen) atoms. The fraction of sp³-hybridized carbons (Fsp3) is 0.167. The Labute approximate surface area is 196 Å². The second-order valence-electron chi connectivity index (χ2n) is 7.19. The number of nitrogens with one attached hydrogen (secondary N) is 1. The summed E-state index contributed by atoms with van der Waals surface area (Å²) in [5.74, 6) is 0.604. The summed E-state index contributed by atoms with van der Waals surface area (Å²) in [6, 6.07) is 18.1. The van der Waals surface area contributed by atoms with Crippen LogP contribution in [0.5, 0.6) is 0 Å². The van der Waals surface area contributed by atoms with Gasteiger partial charge in [-0.05, 0) is 60.7 Å². The van der Waals surface area contributed by atoms with Crippen molar-refractivity contribution in [1.29, 1.82) is 0 Å². The van der Waals surface area contributed by atoms with Crippen LogP contribution in [0.3, 0.4) is 0 Å². The molecule has 0 fully saturated rings. The van der Waals surface area contributed by atoms with Crippen molar-refractivity contribution in [2.24, 2.45) is 0 Å². The van der Waals surface area contributed by atoms with Crippen molar-refractivity contribution in [2.45, 2.75) is 11.7 Å². The van der Waals surface area contributed by atoms with E-state index in [0.717, 1.165) is 40.2 Å². The number of hydrogen-bond acceptors (Lipinski definition) is 5. The zero-order chi connectivity index (χ0) is 22.3. The van der Waals surface area contributed by atoms with Gasteiger partial charge in [-0.25, -0.2) is 9.37 Å². The van der Waals surface area contributed by atoms with Gasteiger partial charge in [0, 0.05) is 53.8 Å². The van der Waals surface area contributed by atoms with Gasteiger partial charge in [-0.1, -0.05) is 23.4 Å². The summed E-state index contributed by atoms with van der Waals surface area (Å²) in [5.41, 5.74) is 4.01. The van der Waals surface area contributed by atoms with Gasteiger partial charge in [0.2, 0.25) is 0 Å². The highest BCUT2D eigenvalue weighted by Gasteiger charge is 2.15. The number of hydrogen-bond donors (Lipinski definition) is 1. The molecule has 1 N–H and O–H groups in total. The van der Waals surface area contributed by atoms with Crippen molar-refractivity contribution in [3.05, 3.63) is 95.8 Å². The maximum absolute atomic E-state index is 13.3. The number of halogens is 2. The van der Waals surface area contributed by atoms with E-state index in [0.29, 0.717) is 11.6 Å². The van der Waals surface area contributed by atoms with E-state index < -0.39 is 0 Å². The third-order valence-electron chi connectivity index (χ3n) is 4.90. The first-order valence-electron chi connectivity index (χ1n) is 10.2. The molecule has 2 heterocycles. The maximum Gasteiger partial charge on any atom is 0.172 e. The molecule has 0 spiro atoms. The first kappa shape index (κ1) is 22.2. The predicted octanol–water partition coefficient (Wildman–Crippen LogP) is 5.90. The Bertz CT molecular complexity index is 1130. The van der Waals surface area contributed by atoms with Crippen molar-refractivity contribution in [3.63, 3.8) is 0 Å². The van der Waals surface area contributed by atoms with E-state index in [9.17, 15) is 4.39 Å². The average Bonchev–Trinajstić information content (AvgIpc) is 3.20. The molecule has 164 valence electrons. The number of anilines is 2. The van der Waals surface area contributed by atoms with Crippen molar-refractivity contribution >= 4 is 34.7 Å². The van der Waals surface area contributed by atoms with Gasteiger partial charge in [0.25, 0.3) is 0 Å². The highest BCUT2D eigenvalue weighted by molar-refractivity contribution is 7.99. The van der Waals surface area contributed by atoms with Crippen LogP contribution in [0, 0.1) is 5.82 Å². The molecular weight excluding hydrogens is 445 g/mol. The number of aromatic nitrogens is 3. The van der Waals surface area contributed by atoms with Crippen LogP contribution >= 0.6 is 23.4 Å². The minimum atomic E-state index is -0.243. The molecule has 5 nitrogen and oxygen atoms in total. The molecule has 0 amide bonds. The topological polar surface area (TPSA) is 46.0 Å². The van der Waals surface area contributed by atoms with E-state index in [-0.39, 0.29) is 5.82 Å². The number of benzene rings is 2. The Morgan fingerprint density at radius 2 is 1.75 bits per heavy atom. The van der Waals surface area contributed by atoms with Gasteiger partial charge < -0.3 is 10.2 Å². The Morgan fingerprint density at radius 3 is 2.47 bits per heavy atom. The molecule has 0 saturated heterocycles. The van der Waals surface area contributed by atoms with E-state index in [1.165, 1.54) is 12.1 Å². The van der Waals surface area contributed by atoms with Gasteiger partial charge in [0.1, 0.15) is 5.82 Å². The highest BCUT2D eigenvalue weighted by Crippen LogP contribution is 2.26. The molecule has 0 aliphatic rings. The number of thioether (sulfide) groups is 1. The highest BCUT2D eigenvalue weighted by atomic mass is 35.5. The Balaban J connectivity index is 1.51. The predicted molar refractivity (Wildman–Crippen MR) is 131 cm³/mol. The minimum Gasteiger partial charge on any atom is -0.384 e. The molecule has 0 bridgehead atoms. The van der Waals surface area contributed by atoms with Crippen molar-refractivity contribution in [2.75, 3.05) is 29.6 Å². The van der Waals surface area contributed by atoms with Crippen molar-refractivity contribution in [1.82, 2.24) is 14.5 Å². The Kier molecular flexibility index (Phi) is 7.29. The monoisotopic (exact) mass is 467 g/mol. The molecule has 8 heteroatoms. The summed E-state index contributed by atoms with van der Waals surface area (Å²) < 4.78 is 15.4. The lowest BCUT2D eigenvalue weighted by Gasteiger charge is -2.21. The second-order valence-corrected chi connectivity index (χ2v) is 8.69. The third kappa shape index (κ3) is 5.60. The van der Waals surface area contributed by atoms with Crippen LogP contribution in [-0.4, -0.2) is 33.9 Å². The quantitative estimate of drug-likeness (QED) is 0.245. The minimum absolute atomic E-state index is 0.243. The average molecular weight is 468 g/mol. The fourth-order valence-electron chi connectivity index (χ4n) is 3.29. The molecule has 0 radical (unpaired) electrons. The molecule has 2 aromatic carbocycles. The van der Waals surface area contributed by atoms with Gasteiger partial charge in [-0.3, -0.25) is 9.55 Å². The van der Waals surface area contributed by atoms with Gasteiger partial charge in [-0.2, -0.15) is 0 Å². The SMILES string of the molecule is CN(Cc1cnc(SCCNc2ccncc2)n1-c1ccc(Cl)cc1)c1ccc(F)cc1. The van der Waals surface area contributed by atoms with E-state index in [1.54, 1.807) is 36.3 Å². The summed E-state index contributed by atoms with van der Waals surface area (Å²) in [5, 5.41) is 4.99. The lowest BCUT2D eigenvalue weighted by Crippen LogP contribution is -2.18. The molecule has 0 atom stereocenters. The van der Waals surface area contributed by atoms with Crippen LogP contribution < -0.4 is 10.2 Å². The lowest BCUT2D eigenvalue weighted by atomic mass is 10.2. The van der Waals surface area contributed by atoms with Crippen molar-refractivity contribution in [3.8, 4) is 5.69 Å². The third-order valence-corrected chi connectivity index (χ3v) is 6.10. The summed E-state index contributed by atoms with van der Waals surface area (Å²) in [6.45, 7) is 1.42. The Hall–Kier alpha value is -3.03. The number of rotatable bonds is 9. The standard InChI is InChI=1S/C24H23ClFN5S/c1-30(21-8-4-19(26)5-9-21)17-23-16-29-24(31(23)22-6-2-18(25)3-7-22)32-15-14-28-20-10-12-27-13-11-20/h2-13,16H,14-15,17H2,1H3,(H,27,28). The molecular formula is C24H23ClFN5S. The normalized spacial score (nSPS) is 10.8. The van der Waals surface area contributed by atoms with Crippen LogP contribution in [0.2, 0.25) is 5.02 Å². The maximum atomic E-state index is 13.3. The van der Waals surface area contributed by atoms with E-state index in [4.69, 9.17) is 11.6 Å². The van der Waals surface area contributed by atoms with Crippen LogP contribution in [0.25, 0.3) is 5.69 Å². The molecule has 2 aromatic heterocycles. The zero-order valence-electron chi connectivity index (χ0n) is 17.6.